The van der Waals surface area contributed by atoms with E-state index in [9.17, 15) is 9.18 Å². The standard InChI is InChI=1S/C17H13FN4OS/c1-10-12-8-11(18)5-6-13(12)24-16(10)17(23)19-9-15-21-20-14-4-2-3-7-22(14)15/h2-8H,9H2,1H3,(H,19,23). The van der Waals surface area contributed by atoms with Crippen molar-refractivity contribution in [3.05, 3.63) is 64.7 Å². The van der Waals surface area contributed by atoms with Gasteiger partial charge in [0.05, 0.1) is 11.4 Å². The van der Waals surface area contributed by atoms with Gasteiger partial charge in [-0.25, -0.2) is 4.39 Å². The Balaban J connectivity index is 1.59. The van der Waals surface area contributed by atoms with Crippen LogP contribution in [0.25, 0.3) is 15.7 Å². The predicted molar refractivity (Wildman–Crippen MR) is 90.7 cm³/mol. The topological polar surface area (TPSA) is 59.3 Å². The van der Waals surface area contributed by atoms with E-state index in [2.05, 4.69) is 15.5 Å². The summed E-state index contributed by atoms with van der Waals surface area (Å²) in [5.74, 6) is 0.163. The molecule has 4 rings (SSSR count). The maximum Gasteiger partial charge on any atom is 0.262 e. The minimum Gasteiger partial charge on any atom is -0.344 e. The number of carbonyl (C=O) groups is 1. The van der Waals surface area contributed by atoms with E-state index in [1.807, 2.05) is 35.7 Å². The Morgan fingerprint density at radius 2 is 2.17 bits per heavy atom. The van der Waals surface area contributed by atoms with Gasteiger partial charge in [-0.2, -0.15) is 0 Å². The first-order valence-corrected chi connectivity index (χ1v) is 8.20. The van der Waals surface area contributed by atoms with Crippen molar-refractivity contribution in [2.45, 2.75) is 13.5 Å². The summed E-state index contributed by atoms with van der Waals surface area (Å²) in [6.45, 7) is 2.10. The molecule has 24 heavy (non-hydrogen) atoms. The van der Waals surface area contributed by atoms with Crippen molar-refractivity contribution in [2.24, 2.45) is 0 Å². The Kier molecular flexibility index (Phi) is 3.50. The van der Waals surface area contributed by atoms with Gasteiger partial charge in [0.15, 0.2) is 11.5 Å². The Morgan fingerprint density at radius 3 is 3.04 bits per heavy atom. The molecule has 0 bridgehead atoms. The molecule has 0 fully saturated rings. The number of hydrogen-bond acceptors (Lipinski definition) is 4. The first kappa shape index (κ1) is 14.8. The number of rotatable bonds is 3. The largest absolute Gasteiger partial charge is 0.344 e. The maximum atomic E-state index is 13.4. The van der Waals surface area contributed by atoms with Crippen molar-refractivity contribution < 1.29 is 9.18 Å². The van der Waals surface area contributed by atoms with Crippen molar-refractivity contribution in [2.75, 3.05) is 0 Å². The molecule has 0 aliphatic rings. The van der Waals surface area contributed by atoms with E-state index in [1.54, 1.807) is 6.07 Å². The van der Waals surface area contributed by atoms with Crippen LogP contribution in [-0.2, 0) is 6.54 Å². The Hall–Kier alpha value is -2.80. The number of nitrogens with one attached hydrogen (secondary N) is 1. The highest BCUT2D eigenvalue weighted by atomic mass is 32.1. The van der Waals surface area contributed by atoms with Crippen LogP contribution >= 0.6 is 11.3 Å². The van der Waals surface area contributed by atoms with E-state index in [1.165, 1.54) is 23.5 Å². The lowest BCUT2D eigenvalue weighted by Gasteiger charge is -2.03. The molecule has 0 saturated carbocycles. The minimum absolute atomic E-state index is 0.193. The molecule has 0 radical (unpaired) electrons. The number of aryl methyl sites for hydroxylation is 1. The highest BCUT2D eigenvalue weighted by molar-refractivity contribution is 7.21. The van der Waals surface area contributed by atoms with E-state index in [0.717, 1.165) is 21.3 Å². The summed E-state index contributed by atoms with van der Waals surface area (Å²) in [5.41, 5.74) is 1.52. The number of fused-ring (bicyclic) bond motifs is 2. The number of nitrogens with zero attached hydrogens (tertiary/aromatic N) is 3. The number of benzene rings is 1. The summed E-state index contributed by atoms with van der Waals surface area (Å²) < 4.78 is 16.1. The van der Waals surface area contributed by atoms with Crippen LogP contribution in [0.5, 0.6) is 0 Å². The van der Waals surface area contributed by atoms with Gasteiger partial charge in [0.25, 0.3) is 5.91 Å². The molecule has 0 saturated heterocycles. The Morgan fingerprint density at radius 1 is 1.29 bits per heavy atom. The quantitative estimate of drug-likeness (QED) is 0.622. The molecule has 4 aromatic rings. The normalized spacial score (nSPS) is 11.2. The van der Waals surface area contributed by atoms with Crippen LogP contribution in [0.4, 0.5) is 4.39 Å². The van der Waals surface area contributed by atoms with Gasteiger partial charge in [-0.1, -0.05) is 6.07 Å². The molecule has 0 aliphatic heterocycles. The molecule has 5 nitrogen and oxygen atoms in total. The molecule has 3 heterocycles. The van der Waals surface area contributed by atoms with Gasteiger partial charge < -0.3 is 5.32 Å². The average Bonchev–Trinajstić information content (AvgIpc) is 3.14. The summed E-state index contributed by atoms with van der Waals surface area (Å²) >= 11 is 1.36. The zero-order chi connectivity index (χ0) is 16.7. The van der Waals surface area contributed by atoms with Crippen molar-refractivity contribution in [3.63, 3.8) is 0 Å². The highest BCUT2D eigenvalue weighted by Gasteiger charge is 2.16. The third-order valence-corrected chi connectivity index (χ3v) is 5.17. The summed E-state index contributed by atoms with van der Waals surface area (Å²) in [6, 6.07) is 10.2. The van der Waals surface area contributed by atoms with Crippen molar-refractivity contribution >= 4 is 33.0 Å². The van der Waals surface area contributed by atoms with Gasteiger partial charge in [-0.05, 0) is 48.2 Å². The Bertz CT molecular complexity index is 1070. The molecule has 1 aromatic carbocycles. The number of carbonyl (C=O) groups excluding carboxylic acids is 1. The van der Waals surface area contributed by atoms with E-state index >= 15 is 0 Å². The van der Waals surface area contributed by atoms with E-state index in [-0.39, 0.29) is 18.3 Å². The summed E-state index contributed by atoms with van der Waals surface area (Å²) in [5, 5.41) is 11.8. The highest BCUT2D eigenvalue weighted by Crippen LogP contribution is 2.31. The number of thiophene rings is 1. The first-order chi connectivity index (χ1) is 11.6. The summed E-state index contributed by atoms with van der Waals surface area (Å²) in [7, 11) is 0. The minimum atomic E-state index is -0.301. The van der Waals surface area contributed by atoms with Gasteiger partial charge >= 0.3 is 0 Å². The van der Waals surface area contributed by atoms with Crippen LogP contribution in [0.15, 0.2) is 42.6 Å². The zero-order valence-electron chi connectivity index (χ0n) is 12.8. The monoisotopic (exact) mass is 340 g/mol. The van der Waals surface area contributed by atoms with Crippen LogP contribution < -0.4 is 5.32 Å². The SMILES string of the molecule is Cc1c(C(=O)NCc2nnc3ccccn23)sc2ccc(F)cc12. The van der Waals surface area contributed by atoms with Crippen LogP contribution in [0.2, 0.25) is 0 Å². The van der Waals surface area contributed by atoms with Crippen LogP contribution in [0.3, 0.4) is 0 Å². The summed E-state index contributed by atoms with van der Waals surface area (Å²) in [6.07, 6.45) is 1.85. The molecule has 7 heteroatoms. The van der Waals surface area contributed by atoms with Gasteiger partial charge in [0, 0.05) is 10.9 Å². The van der Waals surface area contributed by atoms with E-state index in [4.69, 9.17) is 0 Å². The third kappa shape index (κ3) is 2.43. The molecular weight excluding hydrogens is 327 g/mol. The fourth-order valence-electron chi connectivity index (χ4n) is 2.66. The fourth-order valence-corrected chi connectivity index (χ4v) is 3.77. The number of aromatic nitrogens is 3. The molecule has 0 unspecified atom stereocenters. The maximum absolute atomic E-state index is 13.4. The molecule has 3 aromatic heterocycles. The molecular formula is C17H13FN4OS. The fraction of sp³-hybridized carbons (Fsp3) is 0.118. The van der Waals surface area contributed by atoms with Crippen molar-refractivity contribution in [1.29, 1.82) is 0 Å². The van der Waals surface area contributed by atoms with Gasteiger partial charge in [-0.3, -0.25) is 9.20 Å². The first-order valence-electron chi connectivity index (χ1n) is 7.39. The number of hydrogen-bond donors (Lipinski definition) is 1. The predicted octanol–water partition coefficient (Wildman–Crippen LogP) is 3.32. The van der Waals surface area contributed by atoms with Gasteiger partial charge in [0.2, 0.25) is 0 Å². The van der Waals surface area contributed by atoms with Crippen LogP contribution in [-0.4, -0.2) is 20.5 Å². The molecule has 0 spiro atoms. The molecule has 120 valence electrons. The number of amides is 1. The van der Waals surface area contributed by atoms with Gasteiger partial charge in [0.1, 0.15) is 5.82 Å². The molecule has 0 aliphatic carbocycles. The second-order valence-corrected chi connectivity index (χ2v) is 6.48. The van der Waals surface area contributed by atoms with Crippen LogP contribution in [0, 0.1) is 12.7 Å². The summed E-state index contributed by atoms with van der Waals surface area (Å²) in [4.78, 5) is 13.1. The second kappa shape index (κ2) is 5.68. The van der Waals surface area contributed by atoms with E-state index < -0.39 is 0 Å². The number of pyridine rings is 1. The molecule has 1 amide bonds. The smallest absolute Gasteiger partial charge is 0.262 e. The van der Waals surface area contributed by atoms with Crippen molar-refractivity contribution in [1.82, 2.24) is 19.9 Å². The molecule has 0 atom stereocenters. The molecule has 1 N–H and O–H groups in total. The lowest BCUT2D eigenvalue weighted by atomic mass is 10.1. The van der Waals surface area contributed by atoms with Gasteiger partial charge in [-0.15, -0.1) is 21.5 Å². The zero-order valence-corrected chi connectivity index (χ0v) is 13.6. The van der Waals surface area contributed by atoms with Crippen molar-refractivity contribution in [3.8, 4) is 0 Å². The third-order valence-electron chi connectivity index (χ3n) is 3.90. The lowest BCUT2D eigenvalue weighted by molar-refractivity contribution is 0.0953. The van der Waals surface area contributed by atoms with E-state index in [0.29, 0.717) is 10.7 Å². The van der Waals surface area contributed by atoms with Crippen LogP contribution in [0.1, 0.15) is 21.1 Å². The lowest BCUT2D eigenvalue weighted by Crippen LogP contribution is -2.23. The Labute approximate surface area is 140 Å². The number of halogens is 1. The second-order valence-electron chi connectivity index (χ2n) is 5.42. The average molecular weight is 340 g/mol.